The zero-order chi connectivity index (χ0) is 16.6. The Morgan fingerprint density at radius 2 is 2.04 bits per heavy atom. The molecule has 2 aromatic rings. The molecule has 120 valence electrons. The van der Waals surface area contributed by atoms with Crippen LogP contribution in [0.4, 0.5) is 0 Å². The standard InChI is InChI=1S/C14H9Cl2NO4S2/c15-8-1-2-9(11(16)7-8)13(18)21-17-12-3-5-22-14-10(12)4-6-23(14,19)20/h1-3,5,7H,4,6H2/b17-12+. The zero-order valence-electron chi connectivity index (χ0n) is 11.5. The Bertz CT molecular complexity index is 967. The Morgan fingerprint density at radius 3 is 2.78 bits per heavy atom. The van der Waals surface area contributed by atoms with Gasteiger partial charge in [-0.05, 0) is 36.1 Å². The number of hydrogen-bond donors (Lipinski definition) is 0. The third-order valence-electron chi connectivity index (χ3n) is 3.24. The Morgan fingerprint density at radius 1 is 1.26 bits per heavy atom. The molecule has 5 nitrogen and oxygen atoms in total. The molecule has 1 aliphatic heterocycles. The summed E-state index contributed by atoms with van der Waals surface area (Å²) in [5.41, 5.74) is 0.704. The first-order valence-electron chi connectivity index (χ1n) is 6.42. The second-order valence-corrected chi connectivity index (χ2v) is 8.80. The summed E-state index contributed by atoms with van der Waals surface area (Å²) in [5.74, 6) is -0.698. The van der Waals surface area contributed by atoms with Gasteiger partial charge in [0.05, 0.1) is 16.3 Å². The fourth-order valence-electron chi connectivity index (χ4n) is 2.14. The number of rotatable bonds is 2. The summed E-state index contributed by atoms with van der Waals surface area (Å²) in [4.78, 5) is 16.9. The number of fused-ring (bicyclic) bond motifs is 1. The monoisotopic (exact) mass is 389 g/mol. The largest absolute Gasteiger partial charge is 0.367 e. The summed E-state index contributed by atoms with van der Waals surface area (Å²) in [6.45, 7) is 0. The fraction of sp³-hybridized carbons (Fsp3) is 0.143. The van der Waals surface area contributed by atoms with Gasteiger partial charge in [0.1, 0.15) is 9.57 Å². The molecule has 0 radical (unpaired) electrons. The summed E-state index contributed by atoms with van der Waals surface area (Å²) in [6, 6.07) is 5.98. The van der Waals surface area contributed by atoms with Gasteiger partial charge in [0.25, 0.3) is 0 Å². The second-order valence-electron chi connectivity index (χ2n) is 4.73. The molecular weight excluding hydrogens is 381 g/mol. The Balaban J connectivity index is 1.93. The number of benzene rings is 1. The van der Waals surface area contributed by atoms with Gasteiger partial charge in [-0.2, -0.15) is 0 Å². The molecule has 0 unspecified atom stereocenters. The minimum Gasteiger partial charge on any atom is -0.312 e. The number of carbonyl (C=O) groups is 1. The van der Waals surface area contributed by atoms with Crippen LogP contribution in [0.3, 0.4) is 0 Å². The van der Waals surface area contributed by atoms with Gasteiger partial charge in [-0.15, -0.1) is 11.3 Å². The van der Waals surface area contributed by atoms with Crippen molar-refractivity contribution >= 4 is 50.3 Å². The Kier molecular flexibility index (Phi) is 4.46. The molecule has 1 aromatic carbocycles. The van der Waals surface area contributed by atoms with E-state index < -0.39 is 15.8 Å². The zero-order valence-corrected chi connectivity index (χ0v) is 14.6. The van der Waals surface area contributed by atoms with Gasteiger partial charge < -0.3 is 4.84 Å². The summed E-state index contributed by atoms with van der Waals surface area (Å²) in [7, 11) is -3.25. The van der Waals surface area contributed by atoms with Gasteiger partial charge in [-0.3, -0.25) is 0 Å². The maximum absolute atomic E-state index is 12.0. The molecule has 0 atom stereocenters. The first kappa shape index (κ1) is 16.4. The molecule has 0 saturated carbocycles. The van der Waals surface area contributed by atoms with E-state index in [2.05, 4.69) is 5.16 Å². The lowest BCUT2D eigenvalue weighted by molar-refractivity contribution is 0.0497. The van der Waals surface area contributed by atoms with Gasteiger partial charge in [0.15, 0.2) is 9.84 Å². The summed E-state index contributed by atoms with van der Waals surface area (Å²) in [5, 5.41) is 6.27. The number of hydrogen-bond acceptors (Lipinski definition) is 6. The summed E-state index contributed by atoms with van der Waals surface area (Å²) in [6.07, 6.45) is 0.354. The average Bonchev–Trinajstić information content (AvgIpc) is 2.81. The molecule has 0 fully saturated rings. The van der Waals surface area contributed by atoms with Crippen LogP contribution in [-0.4, -0.2) is 20.1 Å². The number of nitrogens with zero attached hydrogens (tertiary/aromatic N) is 1. The van der Waals surface area contributed by atoms with E-state index in [4.69, 9.17) is 28.0 Å². The number of carbonyl (C=O) groups excluding carboxylic acids is 1. The molecule has 0 aliphatic carbocycles. The molecular formula is C14H9Cl2NO4S2. The highest BCUT2D eigenvalue weighted by atomic mass is 35.5. The van der Waals surface area contributed by atoms with Crippen LogP contribution in [0, 0.1) is 0 Å². The number of sulfone groups is 1. The maximum Gasteiger partial charge on any atom is 0.367 e. The SMILES string of the molecule is O=C(O/N=c1\ccsc2c1CCS2(=O)=O)c1ccc(Cl)cc1Cl. The third-order valence-corrected chi connectivity index (χ3v) is 7.12. The van der Waals surface area contributed by atoms with Crippen LogP contribution in [-0.2, 0) is 21.1 Å². The van der Waals surface area contributed by atoms with Gasteiger partial charge in [0, 0.05) is 10.6 Å². The minimum atomic E-state index is -3.25. The molecule has 0 spiro atoms. The van der Waals surface area contributed by atoms with Crippen molar-refractivity contribution in [3.63, 3.8) is 0 Å². The topological polar surface area (TPSA) is 72.8 Å². The highest BCUT2D eigenvalue weighted by Crippen LogP contribution is 2.26. The van der Waals surface area contributed by atoms with E-state index >= 15 is 0 Å². The van der Waals surface area contributed by atoms with Crippen LogP contribution in [0.25, 0.3) is 0 Å². The summed E-state index contributed by atoms with van der Waals surface area (Å²) >= 11 is 12.8. The van der Waals surface area contributed by atoms with E-state index in [9.17, 15) is 13.2 Å². The van der Waals surface area contributed by atoms with Crippen molar-refractivity contribution in [3.8, 4) is 0 Å². The highest BCUT2D eigenvalue weighted by molar-refractivity contribution is 7.93. The van der Waals surface area contributed by atoms with Gasteiger partial charge in [-0.25, -0.2) is 13.2 Å². The molecule has 1 aliphatic rings. The fourth-order valence-corrected chi connectivity index (χ4v) is 5.54. The Labute approximate surface area is 146 Å². The van der Waals surface area contributed by atoms with Crippen LogP contribution in [0.5, 0.6) is 0 Å². The molecule has 0 N–H and O–H groups in total. The second kappa shape index (κ2) is 6.24. The van der Waals surface area contributed by atoms with Crippen LogP contribution < -0.4 is 5.36 Å². The number of halogens is 2. The van der Waals surface area contributed by atoms with Crippen LogP contribution >= 0.6 is 34.5 Å². The molecule has 0 bridgehead atoms. The van der Waals surface area contributed by atoms with Crippen molar-refractivity contribution in [3.05, 3.63) is 56.2 Å². The first-order chi connectivity index (χ1) is 10.9. The van der Waals surface area contributed by atoms with Crippen molar-refractivity contribution < 1.29 is 18.0 Å². The maximum atomic E-state index is 12.0. The first-order valence-corrected chi connectivity index (χ1v) is 9.71. The molecule has 1 aromatic heterocycles. The van der Waals surface area contributed by atoms with E-state index in [0.29, 0.717) is 22.4 Å². The van der Waals surface area contributed by atoms with E-state index in [1.54, 1.807) is 11.4 Å². The lowest BCUT2D eigenvalue weighted by atomic mass is 10.2. The molecule has 2 heterocycles. The van der Waals surface area contributed by atoms with Crippen molar-refractivity contribution in [1.82, 2.24) is 0 Å². The molecule has 23 heavy (non-hydrogen) atoms. The van der Waals surface area contributed by atoms with E-state index in [0.717, 1.165) is 11.3 Å². The molecule has 9 heteroatoms. The average molecular weight is 390 g/mol. The van der Waals surface area contributed by atoms with Crippen molar-refractivity contribution in [2.24, 2.45) is 5.16 Å². The molecule has 3 rings (SSSR count). The van der Waals surface area contributed by atoms with Gasteiger partial charge >= 0.3 is 5.97 Å². The van der Waals surface area contributed by atoms with Gasteiger partial charge in [0.2, 0.25) is 0 Å². The van der Waals surface area contributed by atoms with Crippen LogP contribution in [0.15, 0.2) is 39.0 Å². The smallest absolute Gasteiger partial charge is 0.312 e. The van der Waals surface area contributed by atoms with Crippen molar-refractivity contribution in [2.45, 2.75) is 10.6 Å². The predicted octanol–water partition coefficient (Wildman–Crippen LogP) is 3.06. The van der Waals surface area contributed by atoms with Crippen LogP contribution in [0.2, 0.25) is 10.0 Å². The van der Waals surface area contributed by atoms with Crippen molar-refractivity contribution in [2.75, 3.05) is 5.75 Å². The molecule has 0 saturated heterocycles. The van der Waals surface area contributed by atoms with E-state index in [1.165, 1.54) is 18.2 Å². The third kappa shape index (κ3) is 3.28. The quantitative estimate of drug-likeness (QED) is 0.584. The lowest BCUT2D eigenvalue weighted by Gasteiger charge is -2.02. The highest BCUT2D eigenvalue weighted by Gasteiger charge is 2.28. The molecule has 0 amide bonds. The normalized spacial score (nSPS) is 16.2. The lowest BCUT2D eigenvalue weighted by Crippen LogP contribution is -2.11. The predicted molar refractivity (Wildman–Crippen MR) is 87.5 cm³/mol. The van der Waals surface area contributed by atoms with Gasteiger partial charge in [-0.1, -0.05) is 28.4 Å². The Hall–Kier alpha value is -1.41. The summed E-state index contributed by atoms with van der Waals surface area (Å²) < 4.78 is 24.0. The van der Waals surface area contributed by atoms with E-state index in [-0.39, 0.29) is 20.5 Å². The minimum absolute atomic E-state index is 0.0440. The van der Waals surface area contributed by atoms with Crippen molar-refractivity contribution in [1.29, 1.82) is 0 Å². The van der Waals surface area contributed by atoms with E-state index in [1.807, 2.05) is 0 Å². The van der Waals surface area contributed by atoms with Crippen LogP contribution in [0.1, 0.15) is 15.9 Å².